The average molecular weight is 597 g/mol. The van der Waals surface area contributed by atoms with E-state index >= 15 is 0 Å². The minimum atomic E-state index is -3.65. The minimum absolute atomic E-state index is 0.0376. The number of hydrogen-bond acceptors (Lipinski definition) is 6. The van der Waals surface area contributed by atoms with Crippen molar-refractivity contribution in [1.29, 1.82) is 0 Å². The summed E-state index contributed by atoms with van der Waals surface area (Å²) in [6.07, 6.45) is 0. The Bertz CT molecular complexity index is 1430. The maximum Gasteiger partial charge on any atom is 0.338 e. The Balaban J connectivity index is 1.66. The minimum Gasteiger partial charge on any atom is -0.463 e. The van der Waals surface area contributed by atoms with E-state index in [1.165, 1.54) is 0 Å². The van der Waals surface area contributed by atoms with Crippen molar-refractivity contribution in [3.8, 4) is 0 Å². The highest BCUT2D eigenvalue weighted by atomic mass is 32.2. The molecule has 0 radical (unpaired) electrons. The summed E-state index contributed by atoms with van der Waals surface area (Å²) in [4.78, 5) is 30.8. The fourth-order valence-electron chi connectivity index (χ4n) is 5.66. The second-order valence-electron chi connectivity index (χ2n) is 12.1. The molecule has 9 nitrogen and oxygen atoms in total. The van der Waals surface area contributed by atoms with E-state index in [1.54, 1.807) is 40.4 Å². The first-order valence-corrected chi connectivity index (χ1v) is 16.1. The molecule has 10 heteroatoms. The third kappa shape index (κ3) is 6.55. The number of ether oxygens (including phenoxy) is 1. The number of esters is 1. The number of aryl methyl sites for hydroxylation is 1. The zero-order valence-electron chi connectivity index (χ0n) is 25.8. The van der Waals surface area contributed by atoms with Crippen molar-refractivity contribution in [3.05, 3.63) is 76.5 Å². The molecular formula is C32H44N4O5S. The van der Waals surface area contributed by atoms with Gasteiger partial charge in [0.25, 0.3) is 0 Å². The zero-order valence-corrected chi connectivity index (χ0v) is 26.6. The van der Waals surface area contributed by atoms with E-state index in [1.807, 2.05) is 45.0 Å². The van der Waals surface area contributed by atoms with Crippen LogP contribution in [0.5, 0.6) is 0 Å². The molecule has 228 valence electrons. The number of nitrogens with one attached hydrogen (secondary N) is 1. The van der Waals surface area contributed by atoms with E-state index in [0.717, 1.165) is 16.7 Å². The van der Waals surface area contributed by atoms with Crippen molar-refractivity contribution >= 4 is 22.0 Å². The van der Waals surface area contributed by atoms with Gasteiger partial charge in [-0.3, -0.25) is 9.80 Å². The quantitative estimate of drug-likeness (QED) is 0.448. The van der Waals surface area contributed by atoms with Crippen LogP contribution >= 0.6 is 0 Å². The Morgan fingerprint density at radius 1 is 1.02 bits per heavy atom. The van der Waals surface area contributed by atoms with Crippen molar-refractivity contribution in [2.45, 2.75) is 70.9 Å². The second-order valence-corrected chi connectivity index (χ2v) is 14.0. The van der Waals surface area contributed by atoms with Crippen LogP contribution in [0, 0.1) is 6.92 Å². The van der Waals surface area contributed by atoms with Gasteiger partial charge in [-0.25, -0.2) is 18.0 Å². The van der Waals surface area contributed by atoms with E-state index in [0.29, 0.717) is 44.0 Å². The van der Waals surface area contributed by atoms with E-state index in [2.05, 4.69) is 31.0 Å². The molecule has 2 aromatic rings. The molecule has 2 aliphatic rings. The first kappa shape index (κ1) is 31.7. The molecule has 0 spiro atoms. The summed E-state index contributed by atoms with van der Waals surface area (Å²) in [5.74, 6) is -0.468. The molecule has 2 amide bonds. The summed E-state index contributed by atoms with van der Waals surface area (Å²) in [6, 6.07) is 13.6. The van der Waals surface area contributed by atoms with E-state index in [4.69, 9.17) is 4.74 Å². The molecule has 0 aromatic heterocycles. The lowest BCUT2D eigenvalue weighted by Gasteiger charge is -2.42. The van der Waals surface area contributed by atoms with Gasteiger partial charge < -0.3 is 10.1 Å². The Kier molecular flexibility index (Phi) is 9.49. The maximum atomic E-state index is 13.5. The fraction of sp³-hybridized carbons (Fsp3) is 0.500. The summed E-state index contributed by atoms with van der Waals surface area (Å²) < 4.78 is 33.9. The molecule has 2 heterocycles. The number of nitrogens with zero attached hydrogens (tertiary/aromatic N) is 3. The number of carbonyl (C=O) groups is 2. The van der Waals surface area contributed by atoms with Gasteiger partial charge in [-0.1, -0.05) is 62.7 Å². The van der Waals surface area contributed by atoms with Crippen molar-refractivity contribution in [1.82, 2.24) is 19.4 Å². The van der Waals surface area contributed by atoms with E-state index in [9.17, 15) is 18.0 Å². The van der Waals surface area contributed by atoms with Crippen LogP contribution in [0.25, 0.3) is 0 Å². The molecule has 0 saturated carbocycles. The van der Waals surface area contributed by atoms with Crippen LogP contribution in [-0.4, -0.2) is 79.9 Å². The normalized spacial score (nSPS) is 20.9. The third-order valence-electron chi connectivity index (χ3n) is 8.01. The van der Waals surface area contributed by atoms with Crippen molar-refractivity contribution in [3.63, 3.8) is 0 Å². The number of sulfonamides is 1. The number of hydrogen-bond donors (Lipinski definition) is 1. The molecule has 42 heavy (non-hydrogen) atoms. The molecule has 2 atom stereocenters. The van der Waals surface area contributed by atoms with Gasteiger partial charge in [-0.05, 0) is 56.4 Å². The standard InChI is InChI=1S/C32H44N4O5S/c1-8-35-27(21-34-18-19-36(23(4)20-34)42(39,40)26-16-10-22(3)11-17-26)28(30(37)41-9-2)29(33-31(35)38)24-12-14-25(15-13-24)32(5,6)7/h10-17,23,29H,8-9,18-21H2,1-7H3,(H,33,38)/t23-,29+/m0/s1. The Hall–Kier alpha value is -3.21. The fourth-order valence-corrected chi connectivity index (χ4v) is 7.27. The van der Waals surface area contributed by atoms with Gasteiger partial charge in [0.15, 0.2) is 0 Å². The summed E-state index contributed by atoms with van der Waals surface area (Å²) in [7, 11) is -3.65. The summed E-state index contributed by atoms with van der Waals surface area (Å²) in [5.41, 5.74) is 3.91. The van der Waals surface area contributed by atoms with Gasteiger partial charge in [-0.15, -0.1) is 0 Å². The average Bonchev–Trinajstić information content (AvgIpc) is 2.93. The largest absolute Gasteiger partial charge is 0.463 e. The summed E-state index contributed by atoms with van der Waals surface area (Å²) in [5, 5.41) is 3.03. The van der Waals surface area contributed by atoms with Gasteiger partial charge in [0.2, 0.25) is 10.0 Å². The lowest BCUT2D eigenvalue weighted by atomic mass is 9.85. The molecule has 0 aliphatic carbocycles. The van der Waals surface area contributed by atoms with Crippen LogP contribution in [0.1, 0.15) is 64.3 Å². The van der Waals surface area contributed by atoms with Crippen molar-refractivity contribution in [2.24, 2.45) is 0 Å². The summed E-state index contributed by atoms with van der Waals surface area (Å²) >= 11 is 0. The smallest absolute Gasteiger partial charge is 0.338 e. The van der Waals surface area contributed by atoms with Crippen LogP contribution in [0.4, 0.5) is 4.79 Å². The molecular weight excluding hydrogens is 552 g/mol. The molecule has 1 saturated heterocycles. The first-order valence-electron chi connectivity index (χ1n) is 14.7. The van der Waals surface area contributed by atoms with Crippen LogP contribution < -0.4 is 5.32 Å². The van der Waals surface area contributed by atoms with Crippen molar-refractivity contribution < 1.29 is 22.7 Å². The topological polar surface area (TPSA) is 99.3 Å². The predicted octanol–water partition coefficient (Wildman–Crippen LogP) is 4.59. The van der Waals surface area contributed by atoms with Crippen molar-refractivity contribution in [2.75, 3.05) is 39.3 Å². The lowest BCUT2D eigenvalue weighted by molar-refractivity contribution is -0.139. The van der Waals surface area contributed by atoms with Crippen LogP contribution in [0.3, 0.4) is 0 Å². The number of urea groups is 1. The molecule has 4 rings (SSSR count). The Morgan fingerprint density at radius 3 is 2.21 bits per heavy atom. The molecule has 1 N–H and O–H groups in total. The molecule has 0 unspecified atom stereocenters. The second kappa shape index (κ2) is 12.6. The predicted molar refractivity (Wildman–Crippen MR) is 163 cm³/mol. The molecule has 2 aromatic carbocycles. The third-order valence-corrected chi connectivity index (χ3v) is 10.0. The van der Waals surface area contributed by atoms with E-state index in [-0.39, 0.29) is 29.0 Å². The molecule has 2 aliphatic heterocycles. The van der Waals surface area contributed by atoms with Gasteiger partial charge in [0, 0.05) is 44.5 Å². The Labute approximate surface area is 250 Å². The van der Waals surface area contributed by atoms with Gasteiger partial charge in [0.1, 0.15) is 0 Å². The first-order chi connectivity index (χ1) is 19.8. The van der Waals surface area contributed by atoms with Gasteiger partial charge >= 0.3 is 12.0 Å². The van der Waals surface area contributed by atoms with Crippen LogP contribution in [-0.2, 0) is 25.0 Å². The zero-order chi connectivity index (χ0) is 30.8. The summed E-state index contributed by atoms with van der Waals surface area (Å²) in [6.45, 7) is 16.0. The number of amides is 2. The number of likely N-dealkylation sites (N-methyl/N-ethyl adjacent to an activating group) is 1. The van der Waals surface area contributed by atoms with E-state index < -0.39 is 22.0 Å². The highest BCUT2D eigenvalue weighted by molar-refractivity contribution is 7.89. The van der Waals surface area contributed by atoms with Crippen LogP contribution in [0.15, 0.2) is 64.7 Å². The number of benzene rings is 2. The molecule has 1 fully saturated rings. The number of rotatable bonds is 8. The number of carbonyl (C=O) groups excluding carboxylic acids is 2. The van der Waals surface area contributed by atoms with Crippen LogP contribution in [0.2, 0.25) is 0 Å². The SMILES string of the molecule is CCOC(=O)C1=C(CN2CCN(S(=O)(=O)c3ccc(C)cc3)[C@@H](C)C2)N(CC)C(=O)N[C@@H]1c1ccc(C(C)(C)C)cc1. The van der Waals surface area contributed by atoms with Gasteiger partial charge in [0.05, 0.1) is 23.1 Å². The van der Waals surface area contributed by atoms with Gasteiger partial charge in [-0.2, -0.15) is 4.31 Å². The molecule has 0 bridgehead atoms. The highest BCUT2D eigenvalue weighted by Crippen LogP contribution is 2.34. The monoisotopic (exact) mass is 596 g/mol. The lowest BCUT2D eigenvalue weighted by Crippen LogP contribution is -2.56. The number of piperazine rings is 1. The Morgan fingerprint density at radius 2 is 1.67 bits per heavy atom. The highest BCUT2D eigenvalue weighted by Gasteiger charge is 2.40. The maximum absolute atomic E-state index is 13.5.